The van der Waals surface area contributed by atoms with Crippen LogP contribution in [0.1, 0.15) is 5.56 Å². The number of para-hydroxylation sites is 2. The molecule has 0 bridgehead atoms. The molecule has 2 N–H and O–H groups in total. The van der Waals surface area contributed by atoms with E-state index in [1.165, 1.54) is 14.2 Å². The van der Waals surface area contributed by atoms with Crippen molar-refractivity contribution in [3.63, 3.8) is 0 Å². The maximum absolute atomic E-state index is 12.8. The van der Waals surface area contributed by atoms with Crippen molar-refractivity contribution in [2.75, 3.05) is 36.3 Å². The largest absolute Gasteiger partial charge is 0.497 e. The van der Waals surface area contributed by atoms with Crippen molar-refractivity contribution in [3.05, 3.63) is 96.6 Å². The molecule has 11 nitrogen and oxygen atoms in total. The molecular formula is C31H29N5O6S. The molecule has 1 aromatic heterocycles. The molecule has 0 aliphatic carbocycles. The molecule has 1 heterocycles. The second-order valence-electron chi connectivity index (χ2n) is 9.28. The van der Waals surface area contributed by atoms with Gasteiger partial charge in [0.25, 0.3) is 0 Å². The number of aromatic nitrogens is 2. The highest BCUT2D eigenvalue weighted by Gasteiger charge is 2.21. The minimum absolute atomic E-state index is 0.0401. The first kappa shape index (κ1) is 29.1. The fourth-order valence-corrected chi connectivity index (χ4v) is 4.99. The third-order valence-electron chi connectivity index (χ3n) is 6.43. The third-order valence-corrected chi connectivity index (χ3v) is 7.18. The Morgan fingerprint density at radius 1 is 0.744 bits per heavy atom. The van der Waals surface area contributed by atoms with Gasteiger partial charge >= 0.3 is 0 Å². The zero-order valence-electron chi connectivity index (χ0n) is 23.6. The van der Waals surface area contributed by atoms with Crippen molar-refractivity contribution in [2.24, 2.45) is 0 Å². The first-order valence-corrected chi connectivity index (χ1v) is 14.2. The van der Waals surface area contributed by atoms with Gasteiger partial charge in [-0.2, -0.15) is 0 Å². The average Bonchev–Trinajstić information content (AvgIpc) is 3.01. The van der Waals surface area contributed by atoms with Crippen LogP contribution in [0.2, 0.25) is 0 Å². The Kier molecular flexibility index (Phi) is 8.87. The van der Waals surface area contributed by atoms with E-state index >= 15 is 0 Å². The van der Waals surface area contributed by atoms with Gasteiger partial charge in [0.15, 0.2) is 11.6 Å². The summed E-state index contributed by atoms with van der Waals surface area (Å²) in [5.74, 6) is 1.71. The number of anilines is 5. The summed E-state index contributed by atoms with van der Waals surface area (Å²) in [5, 5.41) is 6.02. The number of nitrogens with zero attached hydrogens (tertiary/aromatic N) is 3. The topological polar surface area (TPSA) is 132 Å². The third kappa shape index (κ3) is 6.93. The van der Waals surface area contributed by atoms with Crippen LogP contribution in [0.5, 0.6) is 17.2 Å². The van der Waals surface area contributed by atoms with Crippen LogP contribution in [0, 0.1) is 0 Å². The van der Waals surface area contributed by atoms with E-state index in [4.69, 9.17) is 19.2 Å². The second kappa shape index (κ2) is 13.1. The number of hydrogen-bond acceptors (Lipinski definition) is 9. The normalized spacial score (nSPS) is 10.8. The van der Waals surface area contributed by atoms with Gasteiger partial charge in [-0.15, -0.1) is 0 Å². The molecule has 5 rings (SSSR count). The van der Waals surface area contributed by atoms with Crippen LogP contribution in [0.25, 0.3) is 11.0 Å². The lowest BCUT2D eigenvalue weighted by Gasteiger charge is -2.21. The van der Waals surface area contributed by atoms with Gasteiger partial charge in [0.2, 0.25) is 16.8 Å². The van der Waals surface area contributed by atoms with Gasteiger partial charge in [-0.1, -0.05) is 30.3 Å². The van der Waals surface area contributed by atoms with E-state index in [1.54, 1.807) is 79.9 Å². The SMILES string of the molecule is COc1ccc(CC(=O)Nc2cccc(N(c3nc4ccccc4nc3Nc3cc(OC)cc(OC)c3)[SH](=O)=O)c2)cc1. The van der Waals surface area contributed by atoms with Crippen molar-refractivity contribution in [1.29, 1.82) is 0 Å². The lowest BCUT2D eigenvalue weighted by Crippen LogP contribution is -2.19. The van der Waals surface area contributed by atoms with Gasteiger partial charge in [0, 0.05) is 29.6 Å². The number of nitrogens with one attached hydrogen (secondary N) is 2. The second-order valence-corrected chi connectivity index (χ2v) is 10.2. The number of methoxy groups -OCH3 is 3. The Morgan fingerprint density at radius 2 is 1.40 bits per heavy atom. The number of benzene rings is 4. The van der Waals surface area contributed by atoms with E-state index in [-0.39, 0.29) is 29.7 Å². The first-order chi connectivity index (χ1) is 20.9. The predicted molar refractivity (Wildman–Crippen MR) is 167 cm³/mol. The highest BCUT2D eigenvalue weighted by molar-refractivity contribution is 7.74. The van der Waals surface area contributed by atoms with Crippen LogP contribution in [-0.2, 0) is 22.1 Å². The van der Waals surface area contributed by atoms with Crippen molar-refractivity contribution >= 4 is 56.5 Å². The number of amides is 1. The summed E-state index contributed by atoms with van der Waals surface area (Å²) in [6, 6.07) is 26.0. The number of rotatable bonds is 11. The molecule has 43 heavy (non-hydrogen) atoms. The highest BCUT2D eigenvalue weighted by atomic mass is 32.2. The highest BCUT2D eigenvalue weighted by Crippen LogP contribution is 2.35. The Morgan fingerprint density at radius 3 is 2.02 bits per heavy atom. The minimum atomic E-state index is -3.24. The molecule has 0 aliphatic rings. The molecule has 0 fully saturated rings. The Bertz CT molecular complexity index is 1820. The summed E-state index contributed by atoms with van der Waals surface area (Å²) in [6.07, 6.45) is 0.127. The Labute approximate surface area is 250 Å². The van der Waals surface area contributed by atoms with Gasteiger partial charge in [-0.05, 0) is 48.0 Å². The Balaban J connectivity index is 1.50. The molecule has 4 aromatic carbocycles. The molecule has 0 saturated carbocycles. The van der Waals surface area contributed by atoms with Crippen LogP contribution < -0.4 is 29.1 Å². The smallest absolute Gasteiger partial charge is 0.230 e. The molecular weight excluding hydrogens is 570 g/mol. The number of ether oxygens (including phenoxy) is 3. The quantitative estimate of drug-likeness (QED) is 0.174. The van der Waals surface area contributed by atoms with E-state index in [2.05, 4.69) is 15.6 Å². The summed E-state index contributed by atoms with van der Waals surface area (Å²) in [4.78, 5) is 22.2. The van der Waals surface area contributed by atoms with E-state index in [0.29, 0.717) is 39.7 Å². The molecule has 220 valence electrons. The van der Waals surface area contributed by atoms with Crippen LogP contribution in [-0.4, -0.2) is 45.6 Å². The summed E-state index contributed by atoms with van der Waals surface area (Å²) >= 11 is 0. The zero-order valence-corrected chi connectivity index (χ0v) is 24.5. The summed E-state index contributed by atoms with van der Waals surface area (Å²) in [5.41, 5.74) is 3.08. The van der Waals surface area contributed by atoms with Gasteiger partial charge < -0.3 is 24.8 Å². The monoisotopic (exact) mass is 599 g/mol. The van der Waals surface area contributed by atoms with Crippen molar-refractivity contribution < 1.29 is 27.4 Å². The van der Waals surface area contributed by atoms with Crippen molar-refractivity contribution in [2.45, 2.75) is 6.42 Å². The fraction of sp³-hybridized carbons (Fsp3) is 0.129. The van der Waals surface area contributed by atoms with Gasteiger partial charge in [-0.25, -0.2) is 22.7 Å². The lowest BCUT2D eigenvalue weighted by atomic mass is 10.1. The van der Waals surface area contributed by atoms with Crippen molar-refractivity contribution in [1.82, 2.24) is 9.97 Å². The average molecular weight is 600 g/mol. The molecule has 0 aliphatic heterocycles. The van der Waals surface area contributed by atoms with Gasteiger partial charge in [0.05, 0.1) is 44.5 Å². The standard InChI is InChI=1S/C31H29N5O6S/c1-40-24-13-11-20(12-14-24)15-29(37)32-21-7-6-8-23(16-21)36(43(38)39)31-30(34-27-9-4-5-10-28(27)35-31)33-22-17-25(41-2)19-26(18-22)42-3/h4-14,16-19,43H,15H2,1-3H3,(H,32,37)(H,33,34). The summed E-state index contributed by atoms with van der Waals surface area (Å²) in [7, 11) is 1.40. The number of hydrogen-bond donors (Lipinski definition) is 3. The first-order valence-electron chi connectivity index (χ1n) is 13.1. The molecule has 1 amide bonds. The number of carbonyl (C=O) groups is 1. The molecule has 0 unspecified atom stereocenters. The van der Waals surface area contributed by atoms with E-state index in [0.717, 1.165) is 9.87 Å². The minimum Gasteiger partial charge on any atom is -0.497 e. The molecule has 12 heteroatoms. The lowest BCUT2D eigenvalue weighted by molar-refractivity contribution is -0.115. The van der Waals surface area contributed by atoms with Gasteiger partial charge in [0.1, 0.15) is 17.2 Å². The zero-order chi connectivity index (χ0) is 30.3. The van der Waals surface area contributed by atoms with E-state index in [1.807, 2.05) is 18.2 Å². The molecule has 0 atom stereocenters. The van der Waals surface area contributed by atoms with Crippen molar-refractivity contribution in [3.8, 4) is 17.2 Å². The number of carbonyl (C=O) groups excluding carboxylic acids is 1. The number of fused-ring (bicyclic) bond motifs is 1. The molecule has 0 radical (unpaired) electrons. The predicted octanol–water partition coefficient (Wildman–Crippen LogP) is 5.24. The maximum Gasteiger partial charge on any atom is 0.230 e. The van der Waals surface area contributed by atoms with Crippen LogP contribution in [0.15, 0.2) is 91.0 Å². The van der Waals surface area contributed by atoms with Gasteiger partial charge in [-0.3, -0.25) is 4.79 Å². The summed E-state index contributed by atoms with van der Waals surface area (Å²) < 4.78 is 42.6. The van der Waals surface area contributed by atoms with Crippen LogP contribution >= 0.6 is 0 Å². The Hall–Kier alpha value is -5.36. The maximum atomic E-state index is 12.8. The number of thiol groups is 1. The van der Waals surface area contributed by atoms with E-state index < -0.39 is 10.9 Å². The van der Waals surface area contributed by atoms with Crippen LogP contribution in [0.4, 0.5) is 28.7 Å². The fourth-order valence-electron chi connectivity index (χ4n) is 4.38. The van der Waals surface area contributed by atoms with Crippen LogP contribution in [0.3, 0.4) is 0 Å². The molecule has 5 aromatic rings. The molecule has 0 saturated heterocycles. The molecule has 0 spiro atoms. The summed E-state index contributed by atoms with van der Waals surface area (Å²) in [6.45, 7) is 0. The van der Waals surface area contributed by atoms with E-state index in [9.17, 15) is 13.2 Å².